The maximum Gasteiger partial charge on any atom is 0.274 e. The lowest BCUT2D eigenvalue weighted by Crippen LogP contribution is -2.45. The molecular formula is C28H26N4O2S. The Bertz CT molecular complexity index is 1460. The molecule has 2 aromatic carbocycles. The zero-order valence-corrected chi connectivity index (χ0v) is 20.5. The number of para-hydroxylation sites is 1. The lowest BCUT2D eigenvalue weighted by Gasteiger charge is -2.27. The van der Waals surface area contributed by atoms with Crippen LogP contribution in [-0.4, -0.2) is 45.8 Å². The van der Waals surface area contributed by atoms with E-state index in [2.05, 4.69) is 34.3 Å². The SMILES string of the molecule is Cc1cccc(-c2sc(C)nc2C(=O)N2C[C@H]3C[C@H]3[C@H]2CNC(=O)c2ccc3ccccc3n2)c1. The number of carbonyl (C=O) groups excluding carboxylic acids is 2. The molecule has 35 heavy (non-hydrogen) atoms. The fourth-order valence-corrected chi connectivity index (χ4v) is 6.14. The molecule has 0 unspecified atom stereocenters. The molecule has 2 amide bonds. The summed E-state index contributed by atoms with van der Waals surface area (Å²) in [7, 11) is 0. The number of fused-ring (bicyclic) bond motifs is 2. The number of hydrogen-bond donors (Lipinski definition) is 1. The number of likely N-dealkylation sites (tertiary alicyclic amines) is 1. The Hall–Kier alpha value is -3.58. The molecule has 1 saturated heterocycles. The molecule has 2 aromatic heterocycles. The van der Waals surface area contributed by atoms with Gasteiger partial charge in [0.2, 0.25) is 0 Å². The molecule has 3 heterocycles. The second kappa shape index (κ2) is 8.57. The van der Waals surface area contributed by atoms with Crippen molar-refractivity contribution >= 4 is 34.1 Å². The van der Waals surface area contributed by atoms with Crippen molar-refractivity contribution in [2.24, 2.45) is 11.8 Å². The summed E-state index contributed by atoms with van der Waals surface area (Å²) in [5.74, 6) is 0.700. The highest BCUT2D eigenvalue weighted by atomic mass is 32.1. The van der Waals surface area contributed by atoms with Gasteiger partial charge < -0.3 is 10.2 Å². The largest absolute Gasteiger partial charge is 0.349 e. The van der Waals surface area contributed by atoms with E-state index in [0.29, 0.717) is 29.8 Å². The third-order valence-electron chi connectivity index (χ3n) is 7.08. The van der Waals surface area contributed by atoms with Crippen LogP contribution >= 0.6 is 11.3 Å². The Morgan fingerprint density at radius 3 is 2.77 bits per heavy atom. The Balaban J connectivity index is 1.21. The lowest BCUT2D eigenvalue weighted by molar-refractivity contribution is 0.0690. The van der Waals surface area contributed by atoms with Gasteiger partial charge in [-0.25, -0.2) is 9.97 Å². The predicted molar refractivity (Wildman–Crippen MR) is 138 cm³/mol. The summed E-state index contributed by atoms with van der Waals surface area (Å²) < 4.78 is 0. The van der Waals surface area contributed by atoms with Crippen molar-refractivity contribution in [3.05, 3.63) is 82.6 Å². The van der Waals surface area contributed by atoms with Crippen LogP contribution in [0.2, 0.25) is 0 Å². The number of rotatable bonds is 5. The van der Waals surface area contributed by atoms with Crippen molar-refractivity contribution in [1.82, 2.24) is 20.2 Å². The number of piperidine rings is 1. The number of benzene rings is 2. The van der Waals surface area contributed by atoms with Crippen LogP contribution in [0.3, 0.4) is 0 Å². The smallest absolute Gasteiger partial charge is 0.274 e. The molecule has 0 spiro atoms. The minimum atomic E-state index is -0.211. The maximum atomic E-state index is 13.7. The van der Waals surface area contributed by atoms with Gasteiger partial charge in [-0.15, -0.1) is 11.3 Å². The van der Waals surface area contributed by atoms with Gasteiger partial charge in [0.05, 0.1) is 21.4 Å². The van der Waals surface area contributed by atoms with E-state index in [9.17, 15) is 9.59 Å². The summed E-state index contributed by atoms with van der Waals surface area (Å²) >= 11 is 1.56. The van der Waals surface area contributed by atoms with Crippen molar-refractivity contribution < 1.29 is 9.59 Å². The summed E-state index contributed by atoms with van der Waals surface area (Å²) in [6, 6.07) is 19.6. The van der Waals surface area contributed by atoms with Crippen LogP contribution in [0.25, 0.3) is 21.3 Å². The molecule has 0 radical (unpaired) electrons. The topological polar surface area (TPSA) is 75.2 Å². The quantitative estimate of drug-likeness (QED) is 0.441. The van der Waals surface area contributed by atoms with E-state index in [-0.39, 0.29) is 17.9 Å². The number of nitrogens with one attached hydrogen (secondary N) is 1. The van der Waals surface area contributed by atoms with Crippen LogP contribution in [0.5, 0.6) is 0 Å². The number of carbonyl (C=O) groups is 2. The number of nitrogens with zero attached hydrogens (tertiary/aromatic N) is 3. The highest BCUT2D eigenvalue weighted by Gasteiger charge is 2.54. The summed E-state index contributed by atoms with van der Waals surface area (Å²) in [6.45, 7) is 5.14. The highest BCUT2D eigenvalue weighted by Crippen LogP contribution is 2.50. The van der Waals surface area contributed by atoms with Gasteiger partial charge in [0, 0.05) is 18.5 Å². The molecule has 1 aliphatic heterocycles. The minimum absolute atomic E-state index is 0.0238. The predicted octanol–water partition coefficient (Wildman–Crippen LogP) is 4.87. The number of pyridine rings is 1. The first kappa shape index (κ1) is 21.9. The Morgan fingerprint density at radius 2 is 1.91 bits per heavy atom. The van der Waals surface area contributed by atoms with E-state index in [0.717, 1.165) is 44.9 Å². The second-order valence-electron chi connectivity index (χ2n) is 9.56. The number of aryl methyl sites for hydroxylation is 2. The highest BCUT2D eigenvalue weighted by molar-refractivity contribution is 7.15. The van der Waals surface area contributed by atoms with Gasteiger partial charge in [-0.1, -0.05) is 54.1 Å². The van der Waals surface area contributed by atoms with E-state index < -0.39 is 0 Å². The van der Waals surface area contributed by atoms with Crippen molar-refractivity contribution in [3.63, 3.8) is 0 Å². The van der Waals surface area contributed by atoms with Crippen LogP contribution in [0.1, 0.15) is 38.0 Å². The number of aromatic nitrogens is 2. The van der Waals surface area contributed by atoms with Gasteiger partial charge in [0.25, 0.3) is 11.8 Å². The van der Waals surface area contributed by atoms with E-state index in [1.54, 1.807) is 17.4 Å². The van der Waals surface area contributed by atoms with E-state index in [1.807, 2.05) is 54.3 Å². The monoisotopic (exact) mass is 482 g/mol. The fraction of sp³-hybridized carbons (Fsp3) is 0.286. The summed E-state index contributed by atoms with van der Waals surface area (Å²) in [6.07, 6.45) is 1.11. The van der Waals surface area contributed by atoms with Crippen LogP contribution in [0.15, 0.2) is 60.7 Å². The Labute approximate surface area is 208 Å². The van der Waals surface area contributed by atoms with Gasteiger partial charge in [-0.2, -0.15) is 0 Å². The normalized spacial score (nSPS) is 20.6. The van der Waals surface area contributed by atoms with E-state index in [1.165, 1.54) is 0 Å². The fourth-order valence-electron chi connectivity index (χ4n) is 5.24. The van der Waals surface area contributed by atoms with Crippen molar-refractivity contribution in [2.75, 3.05) is 13.1 Å². The zero-order valence-electron chi connectivity index (χ0n) is 19.7. The molecule has 1 N–H and O–H groups in total. The maximum absolute atomic E-state index is 13.7. The molecule has 1 saturated carbocycles. The molecule has 7 heteroatoms. The zero-order chi connectivity index (χ0) is 24.1. The minimum Gasteiger partial charge on any atom is -0.349 e. The lowest BCUT2D eigenvalue weighted by atomic mass is 10.1. The molecule has 2 fully saturated rings. The van der Waals surface area contributed by atoms with Crippen LogP contribution in [0.4, 0.5) is 0 Å². The average Bonchev–Trinajstić information content (AvgIpc) is 3.38. The average molecular weight is 483 g/mol. The van der Waals surface area contributed by atoms with Crippen LogP contribution in [0, 0.1) is 25.7 Å². The molecule has 1 aliphatic carbocycles. The molecule has 6 rings (SSSR count). The first-order valence-corrected chi connectivity index (χ1v) is 12.8. The summed E-state index contributed by atoms with van der Waals surface area (Å²) in [5, 5.41) is 4.92. The molecule has 4 aromatic rings. The van der Waals surface area contributed by atoms with Crippen LogP contribution in [-0.2, 0) is 0 Å². The summed E-state index contributed by atoms with van der Waals surface area (Å²) in [5.41, 5.74) is 3.88. The third-order valence-corrected chi connectivity index (χ3v) is 8.10. The van der Waals surface area contributed by atoms with Crippen molar-refractivity contribution in [3.8, 4) is 10.4 Å². The molecule has 6 nitrogen and oxygen atoms in total. The Kier molecular flexibility index (Phi) is 5.37. The van der Waals surface area contributed by atoms with Crippen molar-refractivity contribution in [2.45, 2.75) is 26.3 Å². The summed E-state index contributed by atoms with van der Waals surface area (Å²) in [4.78, 5) is 38.6. The van der Waals surface area contributed by atoms with Crippen molar-refractivity contribution in [1.29, 1.82) is 0 Å². The molecule has 0 bridgehead atoms. The second-order valence-corrected chi connectivity index (χ2v) is 10.8. The van der Waals surface area contributed by atoms with E-state index in [4.69, 9.17) is 0 Å². The molecule has 2 aliphatic rings. The standard InChI is InChI=1S/C28H26N4O2S/c1-16-6-5-8-19(12-16)26-25(30-17(2)35-26)28(34)32-15-20-13-21(20)24(32)14-29-27(33)23-11-10-18-7-3-4-9-22(18)31-23/h3-12,20-21,24H,13-15H2,1-2H3,(H,29,33)/t20-,21-,24-/m1/s1. The first-order chi connectivity index (χ1) is 17.0. The van der Waals surface area contributed by atoms with E-state index >= 15 is 0 Å². The van der Waals surface area contributed by atoms with Gasteiger partial charge in [0.15, 0.2) is 0 Å². The first-order valence-electron chi connectivity index (χ1n) is 12.0. The van der Waals surface area contributed by atoms with Gasteiger partial charge in [-0.3, -0.25) is 9.59 Å². The molecular weight excluding hydrogens is 456 g/mol. The van der Waals surface area contributed by atoms with Crippen LogP contribution < -0.4 is 5.32 Å². The van der Waals surface area contributed by atoms with Gasteiger partial charge >= 0.3 is 0 Å². The number of thiazole rings is 1. The number of hydrogen-bond acceptors (Lipinski definition) is 5. The molecule has 176 valence electrons. The number of amides is 2. The Morgan fingerprint density at radius 1 is 1.06 bits per heavy atom. The van der Waals surface area contributed by atoms with Gasteiger partial charge in [-0.05, 0) is 49.8 Å². The molecule has 3 atom stereocenters. The third kappa shape index (κ3) is 4.10. The van der Waals surface area contributed by atoms with Gasteiger partial charge in [0.1, 0.15) is 11.4 Å².